The maximum atomic E-state index is 11.6. The van der Waals surface area contributed by atoms with Crippen LogP contribution in [0.15, 0.2) is 0 Å². The predicted octanol–water partition coefficient (Wildman–Crippen LogP) is 3.32. The first-order valence-electron chi connectivity index (χ1n) is 6.17. The summed E-state index contributed by atoms with van der Waals surface area (Å²) in [6.45, 7) is 4.33. The monoisotopic (exact) mass is 300 g/mol. The first-order valence-corrected chi connectivity index (χ1v) is 9.06. The molecule has 0 bridgehead atoms. The van der Waals surface area contributed by atoms with Crippen molar-refractivity contribution in [2.75, 3.05) is 23.3 Å². The molecule has 1 unspecified atom stereocenters. The van der Waals surface area contributed by atoms with Crippen LogP contribution in [0.4, 0.5) is 0 Å². The average molecular weight is 301 g/mol. The van der Waals surface area contributed by atoms with E-state index in [0.717, 1.165) is 19.3 Å². The summed E-state index contributed by atoms with van der Waals surface area (Å²) < 4.78 is 23.1. The van der Waals surface area contributed by atoms with E-state index >= 15 is 0 Å². The quantitative estimate of drug-likeness (QED) is 0.705. The third-order valence-corrected chi connectivity index (χ3v) is 6.68. The molecule has 1 aliphatic rings. The molecule has 2 nitrogen and oxygen atoms in total. The predicted molar refractivity (Wildman–Crippen MR) is 74.7 cm³/mol. The van der Waals surface area contributed by atoms with Gasteiger partial charge in [-0.25, -0.2) is 8.42 Å². The van der Waals surface area contributed by atoms with Crippen molar-refractivity contribution in [3.63, 3.8) is 0 Å². The van der Waals surface area contributed by atoms with Gasteiger partial charge in [0.15, 0.2) is 9.84 Å². The van der Waals surface area contributed by atoms with Crippen molar-refractivity contribution >= 4 is 33.0 Å². The zero-order chi connectivity index (χ0) is 13.1. The van der Waals surface area contributed by atoms with Crippen LogP contribution in [0.1, 0.15) is 33.1 Å². The number of rotatable bonds is 6. The molecular weight excluding hydrogens is 279 g/mol. The van der Waals surface area contributed by atoms with Crippen LogP contribution in [0.5, 0.6) is 0 Å². The lowest BCUT2D eigenvalue weighted by atomic mass is 9.73. The largest absolute Gasteiger partial charge is 0.229 e. The van der Waals surface area contributed by atoms with E-state index in [-0.39, 0.29) is 17.1 Å². The minimum Gasteiger partial charge on any atom is -0.229 e. The van der Waals surface area contributed by atoms with E-state index < -0.39 is 9.84 Å². The highest BCUT2D eigenvalue weighted by Gasteiger charge is 2.43. The molecule has 0 radical (unpaired) electrons. The smallest absolute Gasteiger partial charge is 0.150 e. The van der Waals surface area contributed by atoms with Gasteiger partial charge >= 0.3 is 0 Å². The second-order valence-corrected chi connectivity index (χ2v) is 8.43. The molecule has 0 aromatic carbocycles. The summed E-state index contributed by atoms with van der Waals surface area (Å²) in [5.74, 6) is 2.23. The minimum absolute atomic E-state index is 0.140. The van der Waals surface area contributed by atoms with Crippen molar-refractivity contribution in [3.05, 3.63) is 0 Å². The van der Waals surface area contributed by atoms with Gasteiger partial charge in [0, 0.05) is 17.2 Å². The first-order chi connectivity index (χ1) is 7.85. The van der Waals surface area contributed by atoms with Gasteiger partial charge in [0.25, 0.3) is 0 Å². The van der Waals surface area contributed by atoms with Gasteiger partial charge < -0.3 is 0 Å². The van der Waals surface area contributed by atoms with Gasteiger partial charge in [-0.3, -0.25) is 0 Å². The molecule has 17 heavy (non-hydrogen) atoms. The molecule has 102 valence electrons. The van der Waals surface area contributed by atoms with Crippen LogP contribution >= 0.6 is 23.2 Å². The topological polar surface area (TPSA) is 34.1 Å². The molecule has 1 rings (SSSR count). The van der Waals surface area contributed by atoms with Crippen LogP contribution in [-0.2, 0) is 9.84 Å². The van der Waals surface area contributed by atoms with E-state index in [1.807, 2.05) is 0 Å². The second kappa shape index (κ2) is 6.12. The number of sulfone groups is 1. The summed E-state index contributed by atoms with van der Waals surface area (Å²) in [6, 6.07) is 0. The van der Waals surface area contributed by atoms with Gasteiger partial charge in [-0.05, 0) is 24.7 Å². The van der Waals surface area contributed by atoms with Crippen molar-refractivity contribution in [1.82, 2.24) is 0 Å². The van der Waals surface area contributed by atoms with Gasteiger partial charge in [-0.2, -0.15) is 0 Å². The van der Waals surface area contributed by atoms with E-state index in [1.54, 1.807) is 0 Å². The zero-order valence-electron chi connectivity index (χ0n) is 10.6. The highest BCUT2D eigenvalue weighted by Crippen LogP contribution is 2.42. The average Bonchev–Trinajstić information content (AvgIpc) is 2.61. The molecule has 0 spiro atoms. The number of hydrogen-bond acceptors (Lipinski definition) is 2. The van der Waals surface area contributed by atoms with Crippen molar-refractivity contribution in [1.29, 1.82) is 0 Å². The van der Waals surface area contributed by atoms with Crippen LogP contribution in [0.2, 0.25) is 0 Å². The fraction of sp³-hybridized carbons (Fsp3) is 1.00. The highest BCUT2D eigenvalue weighted by molar-refractivity contribution is 7.91. The van der Waals surface area contributed by atoms with E-state index in [1.165, 1.54) is 0 Å². The summed E-state index contributed by atoms with van der Waals surface area (Å²) in [6.07, 6.45) is 2.70. The number of alkyl halides is 2. The van der Waals surface area contributed by atoms with Crippen LogP contribution in [0.3, 0.4) is 0 Å². The van der Waals surface area contributed by atoms with Crippen LogP contribution in [0, 0.1) is 17.3 Å². The molecule has 5 heteroatoms. The molecule has 0 saturated carbocycles. The number of halogens is 2. The summed E-state index contributed by atoms with van der Waals surface area (Å²) in [5, 5.41) is 0. The fourth-order valence-electron chi connectivity index (χ4n) is 2.45. The molecule has 0 aromatic rings. The fourth-order valence-corrected chi connectivity index (χ4v) is 5.38. The molecule has 1 heterocycles. The Morgan fingerprint density at radius 2 is 1.88 bits per heavy atom. The Labute approximate surface area is 115 Å². The molecule has 1 fully saturated rings. The Balaban J connectivity index is 2.77. The van der Waals surface area contributed by atoms with Crippen LogP contribution in [-0.4, -0.2) is 31.7 Å². The molecule has 0 aromatic heterocycles. The third-order valence-electron chi connectivity index (χ3n) is 3.85. The first kappa shape index (κ1) is 15.6. The molecule has 1 aliphatic heterocycles. The van der Waals surface area contributed by atoms with Crippen molar-refractivity contribution < 1.29 is 8.42 Å². The summed E-state index contributed by atoms with van der Waals surface area (Å²) in [7, 11) is -2.85. The van der Waals surface area contributed by atoms with E-state index in [2.05, 4.69) is 13.8 Å². The standard InChI is InChI=1S/C12H22Cl2O2S/c1-10(2)3-5-12(8-13,9-14)11-4-6-17(15,16)7-11/h10-11H,3-9H2,1-2H3. The highest BCUT2D eigenvalue weighted by atomic mass is 35.5. The molecule has 1 saturated heterocycles. The Bertz CT molecular complexity index is 334. The van der Waals surface area contributed by atoms with Gasteiger partial charge in [-0.15, -0.1) is 23.2 Å². The van der Waals surface area contributed by atoms with E-state index in [9.17, 15) is 8.42 Å². The van der Waals surface area contributed by atoms with E-state index in [0.29, 0.717) is 23.4 Å². The normalized spacial score (nSPS) is 24.4. The Morgan fingerprint density at radius 1 is 1.29 bits per heavy atom. The molecule has 0 N–H and O–H groups in total. The SMILES string of the molecule is CC(C)CCC(CCl)(CCl)C1CCS(=O)(=O)C1. The molecule has 1 atom stereocenters. The summed E-state index contributed by atoms with van der Waals surface area (Å²) in [5.41, 5.74) is -0.197. The van der Waals surface area contributed by atoms with Crippen LogP contribution < -0.4 is 0 Å². The number of hydrogen-bond donors (Lipinski definition) is 0. The molecule has 0 amide bonds. The molecule has 0 aliphatic carbocycles. The van der Waals surface area contributed by atoms with Crippen molar-refractivity contribution in [2.24, 2.45) is 17.3 Å². The Morgan fingerprint density at radius 3 is 2.24 bits per heavy atom. The van der Waals surface area contributed by atoms with Gasteiger partial charge in [0.05, 0.1) is 11.5 Å². The Hall–Kier alpha value is 0.530. The van der Waals surface area contributed by atoms with Gasteiger partial charge in [0.1, 0.15) is 0 Å². The van der Waals surface area contributed by atoms with E-state index in [4.69, 9.17) is 23.2 Å². The maximum absolute atomic E-state index is 11.6. The van der Waals surface area contributed by atoms with Crippen molar-refractivity contribution in [2.45, 2.75) is 33.1 Å². The van der Waals surface area contributed by atoms with Gasteiger partial charge in [0.2, 0.25) is 0 Å². The minimum atomic E-state index is -2.85. The van der Waals surface area contributed by atoms with Crippen LogP contribution in [0.25, 0.3) is 0 Å². The lowest BCUT2D eigenvalue weighted by Gasteiger charge is -2.35. The lowest BCUT2D eigenvalue weighted by molar-refractivity contribution is 0.211. The third kappa shape index (κ3) is 4.00. The maximum Gasteiger partial charge on any atom is 0.150 e. The lowest BCUT2D eigenvalue weighted by Crippen LogP contribution is -2.35. The summed E-state index contributed by atoms with van der Waals surface area (Å²) >= 11 is 12.2. The Kier molecular flexibility index (Phi) is 5.61. The molecular formula is C12H22Cl2O2S. The van der Waals surface area contributed by atoms with Gasteiger partial charge in [-0.1, -0.05) is 20.3 Å². The summed E-state index contributed by atoms with van der Waals surface area (Å²) in [4.78, 5) is 0. The van der Waals surface area contributed by atoms with Crippen molar-refractivity contribution in [3.8, 4) is 0 Å². The second-order valence-electron chi connectivity index (χ2n) is 5.66. The zero-order valence-corrected chi connectivity index (χ0v) is 12.9.